The van der Waals surface area contributed by atoms with E-state index in [4.69, 9.17) is 0 Å². The van der Waals surface area contributed by atoms with Gasteiger partial charge in [-0.1, -0.05) is 35.9 Å². The molecular formula is C22H21N5O. The molecule has 6 heteroatoms. The maximum absolute atomic E-state index is 12.8. The number of hydrogen-bond acceptors (Lipinski definition) is 4. The van der Waals surface area contributed by atoms with Crippen molar-refractivity contribution in [1.82, 2.24) is 24.3 Å². The highest BCUT2D eigenvalue weighted by Gasteiger charge is 2.18. The third-order valence-electron chi connectivity index (χ3n) is 4.70. The topological polar surface area (TPSA) is 63.4 Å². The summed E-state index contributed by atoms with van der Waals surface area (Å²) in [6.07, 6.45) is 7.76. The van der Waals surface area contributed by atoms with Crippen LogP contribution in [0.1, 0.15) is 21.7 Å². The number of carbonyl (C=O) groups excluding carboxylic acids is 1. The fraction of sp³-hybridized carbons (Fsp3) is 0.182. The molecule has 0 spiro atoms. The van der Waals surface area contributed by atoms with Gasteiger partial charge in [0.15, 0.2) is 5.65 Å². The van der Waals surface area contributed by atoms with Gasteiger partial charge in [-0.15, -0.1) is 0 Å². The quantitative estimate of drug-likeness (QED) is 0.539. The van der Waals surface area contributed by atoms with Crippen molar-refractivity contribution >= 4 is 11.6 Å². The van der Waals surface area contributed by atoms with Crippen LogP contribution in [-0.2, 0) is 6.42 Å². The fourth-order valence-corrected chi connectivity index (χ4v) is 3.06. The number of fused-ring (bicyclic) bond motifs is 1. The summed E-state index contributed by atoms with van der Waals surface area (Å²) in [4.78, 5) is 27.9. The summed E-state index contributed by atoms with van der Waals surface area (Å²) in [7, 11) is 1.79. The summed E-state index contributed by atoms with van der Waals surface area (Å²) < 4.78 is 1.85. The second kappa shape index (κ2) is 7.60. The van der Waals surface area contributed by atoms with Crippen molar-refractivity contribution in [2.24, 2.45) is 0 Å². The first-order valence-corrected chi connectivity index (χ1v) is 9.18. The molecule has 0 radical (unpaired) electrons. The van der Waals surface area contributed by atoms with Crippen LogP contribution in [-0.4, -0.2) is 43.8 Å². The van der Waals surface area contributed by atoms with Gasteiger partial charge in [-0.05, 0) is 19.1 Å². The van der Waals surface area contributed by atoms with E-state index in [0.29, 0.717) is 24.3 Å². The maximum atomic E-state index is 12.8. The Morgan fingerprint density at radius 2 is 1.89 bits per heavy atom. The van der Waals surface area contributed by atoms with Gasteiger partial charge in [-0.3, -0.25) is 14.8 Å². The highest BCUT2D eigenvalue weighted by Crippen LogP contribution is 2.22. The average molecular weight is 371 g/mol. The van der Waals surface area contributed by atoms with Gasteiger partial charge in [0, 0.05) is 56.1 Å². The van der Waals surface area contributed by atoms with Gasteiger partial charge < -0.3 is 9.30 Å². The van der Waals surface area contributed by atoms with Crippen LogP contribution < -0.4 is 0 Å². The molecule has 0 bridgehead atoms. The molecule has 140 valence electrons. The zero-order chi connectivity index (χ0) is 19.5. The van der Waals surface area contributed by atoms with Crippen LogP contribution in [0.2, 0.25) is 0 Å². The Bertz CT molecular complexity index is 1100. The summed E-state index contributed by atoms with van der Waals surface area (Å²) in [6.45, 7) is 2.62. The lowest BCUT2D eigenvalue weighted by Gasteiger charge is -2.15. The SMILES string of the molecule is Cc1ccc(-c2nccn3cc(C(=O)N(C)CCc4ccccn4)nc23)cc1. The van der Waals surface area contributed by atoms with E-state index in [0.717, 1.165) is 17.0 Å². The smallest absolute Gasteiger partial charge is 0.273 e. The van der Waals surface area contributed by atoms with Gasteiger partial charge in [0.2, 0.25) is 0 Å². The van der Waals surface area contributed by atoms with Crippen LogP contribution in [0.25, 0.3) is 16.9 Å². The molecule has 28 heavy (non-hydrogen) atoms. The molecule has 0 aliphatic carbocycles. The first-order chi connectivity index (χ1) is 13.6. The number of aryl methyl sites for hydroxylation is 1. The molecule has 0 atom stereocenters. The number of carbonyl (C=O) groups is 1. The minimum absolute atomic E-state index is 0.116. The van der Waals surface area contributed by atoms with Gasteiger partial charge in [0.1, 0.15) is 11.4 Å². The molecule has 0 unspecified atom stereocenters. The van der Waals surface area contributed by atoms with Crippen molar-refractivity contribution in [3.63, 3.8) is 0 Å². The lowest BCUT2D eigenvalue weighted by atomic mass is 10.1. The Labute approximate surface area is 163 Å². The summed E-state index contributed by atoms with van der Waals surface area (Å²) >= 11 is 0. The number of aromatic nitrogens is 4. The molecule has 6 nitrogen and oxygen atoms in total. The molecule has 4 aromatic rings. The fourth-order valence-electron chi connectivity index (χ4n) is 3.06. The molecule has 4 rings (SSSR count). The molecule has 1 amide bonds. The third-order valence-corrected chi connectivity index (χ3v) is 4.70. The van der Waals surface area contributed by atoms with Crippen molar-refractivity contribution in [2.75, 3.05) is 13.6 Å². The van der Waals surface area contributed by atoms with E-state index in [1.165, 1.54) is 5.56 Å². The molecule has 0 aliphatic rings. The number of pyridine rings is 1. The molecule has 0 saturated carbocycles. The van der Waals surface area contributed by atoms with Crippen molar-refractivity contribution in [2.45, 2.75) is 13.3 Å². The molecule has 3 aromatic heterocycles. The highest BCUT2D eigenvalue weighted by atomic mass is 16.2. The summed E-state index contributed by atoms with van der Waals surface area (Å²) in [6, 6.07) is 13.9. The molecule has 0 fully saturated rings. The summed E-state index contributed by atoms with van der Waals surface area (Å²) in [5.41, 5.74) is 4.96. The lowest BCUT2D eigenvalue weighted by Crippen LogP contribution is -2.29. The van der Waals surface area contributed by atoms with Crippen LogP contribution in [0.3, 0.4) is 0 Å². The first-order valence-electron chi connectivity index (χ1n) is 9.18. The number of likely N-dealkylation sites (N-methyl/N-ethyl adjacent to an activating group) is 1. The van der Waals surface area contributed by atoms with E-state index >= 15 is 0 Å². The van der Waals surface area contributed by atoms with Crippen LogP contribution in [0, 0.1) is 6.92 Å². The molecular weight excluding hydrogens is 350 g/mol. The zero-order valence-corrected chi connectivity index (χ0v) is 15.9. The molecule has 3 heterocycles. The number of hydrogen-bond donors (Lipinski definition) is 0. The number of amides is 1. The predicted octanol–water partition coefficient (Wildman–Crippen LogP) is 3.41. The van der Waals surface area contributed by atoms with Crippen molar-refractivity contribution in [3.8, 4) is 11.3 Å². The predicted molar refractivity (Wildman–Crippen MR) is 108 cm³/mol. The van der Waals surface area contributed by atoms with Gasteiger partial charge >= 0.3 is 0 Å². The number of nitrogens with zero attached hydrogens (tertiary/aromatic N) is 5. The van der Waals surface area contributed by atoms with Crippen molar-refractivity contribution in [1.29, 1.82) is 0 Å². The van der Waals surface area contributed by atoms with Crippen molar-refractivity contribution in [3.05, 3.63) is 84.2 Å². The highest BCUT2D eigenvalue weighted by molar-refractivity contribution is 5.93. The largest absolute Gasteiger partial charge is 0.340 e. The maximum Gasteiger partial charge on any atom is 0.273 e. The minimum Gasteiger partial charge on any atom is -0.340 e. The molecule has 1 aromatic carbocycles. The van der Waals surface area contributed by atoms with Gasteiger partial charge in [-0.2, -0.15) is 0 Å². The Morgan fingerprint density at radius 3 is 2.64 bits per heavy atom. The van der Waals surface area contributed by atoms with Crippen LogP contribution in [0.15, 0.2) is 67.3 Å². The van der Waals surface area contributed by atoms with E-state index in [1.54, 1.807) is 30.5 Å². The monoisotopic (exact) mass is 371 g/mol. The Kier molecular flexibility index (Phi) is 4.85. The van der Waals surface area contributed by atoms with Gasteiger partial charge in [0.05, 0.1) is 0 Å². The molecule has 0 aliphatic heterocycles. The van der Waals surface area contributed by atoms with E-state index in [-0.39, 0.29) is 5.91 Å². The Hall–Kier alpha value is -3.54. The zero-order valence-electron chi connectivity index (χ0n) is 15.9. The first kappa shape index (κ1) is 17.9. The molecule has 0 saturated heterocycles. The third kappa shape index (κ3) is 3.62. The standard InChI is InChI=1S/C22H21N5O/c1-16-6-8-17(9-7-16)20-21-25-19(15-27(21)14-12-24-20)22(28)26(2)13-10-18-5-3-4-11-23-18/h3-9,11-12,14-15H,10,13H2,1-2H3. The number of rotatable bonds is 5. The van der Waals surface area contributed by atoms with Crippen LogP contribution >= 0.6 is 0 Å². The van der Waals surface area contributed by atoms with E-state index in [2.05, 4.69) is 15.0 Å². The Morgan fingerprint density at radius 1 is 1.07 bits per heavy atom. The minimum atomic E-state index is -0.116. The van der Waals surface area contributed by atoms with E-state index in [1.807, 2.05) is 60.0 Å². The number of benzene rings is 1. The van der Waals surface area contributed by atoms with E-state index in [9.17, 15) is 4.79 Å². The lowest BCUT2D eigenvalue weighted by molar-refractivity contribution is 0.0791. The van der Waals surface area contributed by atoms with Gasteiger partial charge in [0.25, 0.3) is 5.91 Å². The summed E-state index contributed by atoms with van der Waals surface area (Å²) in [5.74, 6) is -0.116. The molecule has 0 N–H and O–H groups in total. The number of imidazole rings is 1. The Balaban J connectivity index is 1.58. The van der Waals surface area contributed by atoms with Crippen LogP contribution in [0.5, 0.6) is 0 Å². The normalized spacial score (nSPS) is 10.9. The average Bonchev–Trinajstić information content (AvgIpc) is 3.17. The summed E-state index contributed by atoms with van der Waals surface area (Å²) in [5, 5.41) is 0. The van der Waals surface area contributed by atoms with Crippen molar-refractivity contribution < 1.29 is 4.79 Å². The van der Waals surface area contributed by atoms with Gasteiger partial charge in [-0.25, -0.2) is 4.98 Å². The van der Waals surface area contributed by atoms with E-state index < -0.39 is 0 Å². The second-order valence-electron chi connectivity index (χ2n) is 6.80. The second-order valence-corrected chi connectivity index (χ2v) is 6.80. The van der Waals surface area contributed by atoms with Crippen LogP contribution in [0.4, 0.5) is 0 Å².